The zero-order valence-electron chi connectivity index (χ0n) is 10.2. The molecule has 4 nitrogen and oxygen atoms in total. The van der Waals surface area contributed by atoms with Crippen molar-refractivity contribution in [1.82, 2.24) is 10.2 Å². The van der Waals surface area contributed by atoms with Gasteiger partial charge in [-0.25, -0.2) is 0 Å². The van der Waals surface area contributed by atoms with Crippen LogP contribution in [0.15, 0.2) is 40.9 Å². The van der Waals surface area contributed by atoms with Crippen molar-refractivity contribution in [2.45, 2.75) is 19.9 Å². The van der Waals surface area contributed by atoms with Crippen LogP contribution in [0.4, 0.5) is 5.69 Å². The van der Waals surface area contributed by atoms with Crippen LogP contribution in [0.2, 0.25) is 0 Å². The smallest absolute Gasteiger partial charge is 0.123 e. The molecular formula is C14H15N3O. The number of benzene rings is 1. The first kappa shape index (κ1) is 10.9. The van der Waals surface area contributed by atoms with E-state index >= 15 is 0 Å². The van der Waals surface area contributed by atoms with Gasteiger partial charge in [0.25, 0.3) is 0 Å². The maximum Gasteiger partial charge on any atom is 0.123 e. The van der Waals surface area contributed by atoms with Crippen LogP contribution in [0.3, 0.4) is 0 Å². The van der Waals surface area contributed by atoms with Gasteiger partial charge in [0, 0.05) is 17.5 Å². The van der Waals surface area contributed by atoms with E-state index in [1.54, 1.807) is 0 Å². The molecule has 1 aromatic carbocycles. The predicted molar refractivity (Wildman–Crippen MR) is 71.5 cm³/mol. The summed E-state index contributed by atoms with van der Waals surface area (Å²) < 4.78 is 5.64. The van der Waals surface area contributed by atoms with Crippen molar-refractivity contribution in [3.05, 3.63) is 48.0 Å². The minimum absolute atomic E-state index is 0.694. The molecule has 18 heavy (non-hydrogen) atoms. The van der Waals surface area contributed by atoms with Crippen LogP contribution < -0.4 is 5.32 Å². The Morgan fingerprint density at radius 3 is 2.94 bits per heavy atom. The van der Waals surface area contributed by atoms with Gasteiger partial charge >= 0.3 is 0 Å². The minimum atomic E-state index is 0.694. The summed E-state index contributed by atoms with van der Waals surface area (Å²) in [6.45, 7) is 2.78. The molecule has 0 fully saturated rings. The standard InChI is InChI=1S/C14H15N3O/c1-2-12-5-6-13(18-12)9-15-11-4-3-10-8-16-17-14(10)7-11/h3-8,15H,2,9H2,1H3,(H,16,17). The van der Waals surface area contributed by atoms with Crippen LogP contribution in [0.5, 0.6) is 0 Å². The van der Waals surface area contributed by atoms with Crippen LogP contribution in [0.1, 0.15) is 18.4 Å². The summed E-state index contributed by atoms with van der Waals surface area (Å²) in [6, 6.07) is 10.2. The number of hydrogen-bond donors (Lipinski definition) is 2. The van der Waals surface area contributed by atoms with Gasteiger partial charge in [0.15, 0.2) is 0 Å². The Hall–Kier alpha value is -2.23. The van der Waals surface area contributed by atoms with E-state index in [0.29, 0.717) is 6.54 Å². The zero-order valence-corrected chi connectivity index (χ0v) is 10.2. The number of rotatable bonds is 4. The number of anilines is 1. The molecule has 0 spiro atoms. The first-order valence-corrected chi connectivity index (χ1v) is 6.10. The summed E-state index contributed by atoms with van der Waals surface area (Å²) in [5, 5.41) is 11.4. The number of hydrogen-bond acceptors (Lipinski definition) is 3. The lowest BCUT2D eigenvalue weighted by Crippen LogP contribution is -1.97. The number of H-pyrrole nitrogens is 1. The first-order chi connectivity index (χ1) is 8.85. The molecule has 0 radical (unpaired) electrons. The summed E-state index contributed by atoms with van der Waals surface area (Å²) in [5.41, 5.74) is 2.09. The largest absolute Gasteiger partial charge is 0.464 e. The molecule has 0 saturated heterocycles. The second-order valence-corrected chi connectivity index (χ2v) is 4.25. The molecule has 92 valence electrons. The van der Waals surface area contributed by atoms with Crippen molar-refractivity contribution < 1.29 is 4.42 Å². The van der Waals surface area contributed by atoms with Crippen molar-refractivity contribution in [3.8, 4) is 0 Å². The second-order valence-electron chi connectivity index (χ2n) is 4.25. The van der Waals surface area contributed by atoms with E-state index in [2.05, 4.69) is 22.4 Å². The Morgan fingerprint density at radius 1 is 1.22 bits per heavy atom. The highest BCUT2D eigenvalue weighted by Crippen LogP contribution is 2.17. The normalized spacial score (nSPS) is 10.9. The summed E-state index contributed by atoms with van der Waals surface area (Å²) in [7, 11) is 0. The number of furan rings is 1. The van der Waals surface area contributed by atoms with Crippen LogP contribution in [-0.2, 0) is 13.0 Å². The quantitative estimate of drug-likeness (QED) is 0.736. The van der Waals surface area contributed by atoms with E-state index in [1.165, 1.54) is 0 Å². The van der Waals surface area contributed by atoms with E-state index < -0.39 is 0 Å². The van der Waals surface area contributed by atoms with E-state index in [1.807, 2.05) is 36.5 Å². The van der Waals surface area contributed by atoms with Crippen molar-refractivity contribution in [2.75, 3.05) is 5.32 Å². The fourth-order valence-electron chi connectivity index (χ4n) is 1.94. The molecule has 0 aliphatic rings. The average molecular weight is 241 g/mol. The fourth-order valence-corrected chi connectivity index (χ4v) is 1.94. The van der Waals surface area contributed by atoms with E-state index in [9.17, 15) is 0 Å². The second kappa shape index (κ2) is 4.56. The van der Waals surface area contributed by atoms with E-state index in [-0.39, 0.29) is 0 Å². The van der Waals surface area contributed by atoms with Gasteiger partial charge in [0.2, 0.25) is 0 Å². The van der Waals surface area contributed by atoms with Gasteiger partial charge in [-0.3, -0.25) is 5.10 Å². The molecule has 3 aromatic rings. The first-order valence-electron chi connectivity index (χ1n) is 6.10. The molecule has 4 heteroatoms. The lowest BCUT2D eigenvalue weighted by Gasteiger charge is -2.04. The molecule has 2 aromatic heterocycles. The lowest BCUT2D eigenvalue weighted by atomic mass is 10.2. The van der Waals surface area contributed by atoms with Crippen LogP contribution in [0.25, 0.3) is 10.9 Å². The molecule has 0 saturated carbocycles. The Balaban J connectivity index is 1.72. The molecule has 0 atom stereocenters. The molecule has 2 N–H and O–H groups in total. The maximum atomic E-state index is 5.64. The van der Waals surface area contributed by atoms with Crippen molar-refractivity contribution in [1.29, 1.82) is 0 Å². The number of nitrogens with one attached hydrogen (secondary N) is 2. The number of nitrogens with zero attached hydrogens (tertiary/aromatic N) is 1. The molecule has 0 bridgehead atoms. The SMILES string of the molecule is CCc1ccc(CNc2ccc3cn[nH]c3c2)o1. The summed E-state index contributed by atoms with van der Waals surface area (Å²) >= 11 is 0. The predicted octanol–water partition coefficient (Wildman–Crippen LogP) is 3.33. The van der Waals surface area contributed by atoms with Crippen molar-refractivity contribution >= 4 is 16.6 Å². The van der Waals surface area contributed by atoms with Gasteiger partial charge in [0.05, 0.1) is 18.3 Å². The number of fused-ring (bicyclic) bond motifs is 1. The Morgan fingerprint density at radius 2 is 2.11 bits per heavy atom. The van der Waals surface area contributed by atoms with Gasteiger partial charge in [-0.15, -0.1) is 0 Å². The fraction of sp³-hybridized carbons (Fsp3) is 0.214. The summed E-state index contributed by atoms with van der Waals surface area (Å²) in [5.74, 6) is 1.98. The molecule has 0 unspecified atom stereocenters. The van der Waals surface area contributed by atoms with Crippen LogP contribution in [0, 0.1) is 0 Å². The molecule has 3 rings (SSSR count). The zero-order chi connectivity index (χ0) is 12.4. The molecule has 0 aliphatic carbocycles. The monoisotopic (exact) mass is 241 g/mol. The Kier molecular flexibility index (Phi) is 2.76. The third-order valence-corrected chi connectivity index (χ3v) is 2.97. The topological polar surface area (TPSA) is 53.9 Å². The Labute approximate surface area is 105 Å². The highest BCUT2D eigenvalue weighted by Gasteiger charge is 2.01. The highest BCUT2D eigenvalue weighted by molar-refractivity contribution is 5.81. The van der Waals surface area contributed by atoms with E-state index in [4.69, 9.17) is 4.42 Å². The van der Waals surface area contributed by atoms with Gasteiger partial charge in [-0.1, -0.05) is 6.92 Å². The summed E-state index contributed by atoms with van der Waals surface area (Å²) in [4.78, 5) is 0. The van der Waals surface area contributed by atoms with Gasteiger partial charge in [-0.2, -0.15) is 5.10 Å². The number of aromatic amines is 1. The molecule has 0 amide bonds. The third kappa shape index (κ3) is 2.09. The molecular weight excluding hydrogens is 226 g/mol. The number of aromatic nitrogens is 2. The lowest BCUT2D eigenvalue weighted by molar-refractivity contribution is 0.476. The third-order valence-electron chi connectivity index (χ3n) is 2.97. The van der Waals surface area contributed by atoms with Crippen molar-refractivity contribution in [3.63, 3.8) is 0 Å². The van der Waals surface area contributed by atoms with Crippen molar-refractivity contribution in [2.24, 2.45) is 0 Å². The maximum absolute atomic E-state index is 5.64. The average Bonchev–Trinajstić information content (AvgIpc) is 3.04. The van der Waals surface area contributed by atoms with Crippen LogP contribution in [-0.4, -0.2) is 10.2 Å². The molecule has 2 heterocycles. The Bertz CT molecular complexity index is 654. The van der Waals surface area contributed by atoms with Gasteiger partial charge < -0.3 is 9.73 Å². The van der Waals surface area contributed by atoms with E-state index in [0.717, 1.165) is 34.5 Å². The van der Waals surface area contributed by atoms with Crippen LogP contribution >= 0.6 is 0 Å². The summed E-state index contributed by atoms with van der Waals surface area (Å²) in [6.07, 6.45) is 2.75. The molecule has 0 aliphatic heterocycles. The highest BCUT2D eigenvalue weighted by atomic mass is 16.3. The number of aryl methyl sites for hydroxylation is 1. The minimum Gasteiger partial charge on any atom is -0.464 e. The van der Waals surface area contributed by atoms with Gasteiger partial charge in [0.1, 0.15) is 11.5 Å². The van der Waals surface area contributed by atoms with Gasteiger partial charge in [-0.05, 0) is 30.3 Å².